The van der Waals surface area contributed by atoms with E-state index in [1.54, 1.807) is 0 Å². The molecular formula is C10H10Cl2Zr. The molecule has 2 rings (SSSR count). The van der Waals surface area contributed by atoms with Gasteiger partial charge in [0.2, 0.25) is 0 Å². The first-order valence-corrected chi connectivity index (χ1v) is 3.61. The number of allylic oxidation sites excluding steroid dienone is 1. The predicted molar refractivity (Wildman–Crippen MR) is 43.8 cm³/mol. The largest absolute Gasteiger partial charge is 2.00 e. The van der Waals surface area contributed by atoms with E-state index in [9.17, 15) is 0 Å². The fourth-order valence-corrected chi connectivity index (χ4v) is 1.45. The first-order valence-electron chi connectivity index (χ1n) is 3.61. The van der Waals surface area contributed by atoms with E-state index in [1.165, 1.54) is 16.7 Å². The van der Waals surface area contributed by atoms with Crippen molar-refractivity contribution in [3.8, 4) is 0 Å². The van der Waals surface area contributed by atoms with E-state index in [0.717, 1.165) is 6.42 Å². The predicted octanol–water partition coefficient (Wildman–Crippen LogP) is -3.35. The maximum Gasteiger partial charge on any atom is 2.00 e. The summed E-state index contributed by atoms with van der Waals surface area (Å²) in [6.07, 6.45) is 3.41. The van der Waals surface area contributed by atoms with Crippen LogP contribution in [0, 0.1) is 0 Å². The van der Waals surface area contributed by atoms with Gasteiger partial charge in [-0.1, -0.05) is 35.9 Å². The molecule has 0 saturated carbocycles. The molecular weight excluding hydrogens is 282 g/mol. The molecule has 1 aliphatic rings. The average molecular weight is 292 g/mol. The van der Waals surface area contributed by atoms with Crippen molar-refractivity contribution in [2.24, 2.45) is 0 Å². The van der Waals surface area contributed by atoms with Crippen molar-refractivity contribution in [2.75, 3.05) is 0 Å². The van der Waals surface area contributed by atoms with Gasteiger partial charge >= 0.3 is 26.2 Å². The van der Waals surface area contributed by atoms with E-state index in [4.69, 9.17) is 0 Å². The molecule has 13 heavy (non-hydrogen) atoms. The first-order chi connectivity index (χ1) is 4.86. The standard InChI is InChI=1S/C10H10.2ClH.Zr/c1-8-6-9-4-2-3-5-10(9)7-8;;;/h2-6H,7H2,1H3;2*1H;/q;;;+2/p-2. The molecule has 68 valence electrons. The van der Waals surface area contributed by atoms with Gasteiger partial charge in [0.25, 0.3) is 0 Å². The van der Waals surface area contributed by atoms with Crippen LogP contribution in [0.25, 0.3) is 6.08 Å². The van der Waals surface area contributed by atoms with Gasteiger partial charge in [-0.2, -0.15) is 0 Å². The molecule has 0 nitrogen and oxygen atoms in total. The van der Waals surface area contributed by atoms with Crippen molar-refractivity contribution in [3.05, 3.63) is 41.0 Å². The van der Waals surface area contributed by atoms with Crippen LogP contribution in [0.2, 0.25) is 0 Å². The van der Waals surface area contributed by atoms with Gasteiger partial charge in [0.05, 0.1) is 0 Å². The van der Waals surface area contributed by atoms with Gasteiger partial charge < -0.3 is 24.8 Å². The number of fused-ring (bicyclic) bond motifs is 1. The molecule has 0 aliphatic heterocycles. The number of rotatable bonds is 0. The van der Waals surface area contributed by atoms with Gasteiger partial charge in [-0.15, -0.1) is 0 Å². The second-order valence-electron chi connectivity index (χ2n) is 2.87. The summed E-state index contributed by atoms with van der Waals surface area (Å²) in [7, 11) is 0. The summed E-state index contributed by atoms with van der Waals surface area (Å²) >= 11 is 0. The molecule has 3 heteroatoms. The summed E-state index contributed by atoms with van der Waals surface area (Å²) in [5.41, 5.74) is 4.35. The Labute approximate surface area is 111 Å². The smallest absolute Gasteiger partial charge is 1.00 e. The molecule has 0 amide bonds. The Morgan fingerprint density at radius 2 is 1.69 bits per heavy atom. The quantitative estimate of drug-likeness (QED) is 0.469. The van der Waals surface area contributed by atoms with Crippen molar-refractivity contribution in [3.63, 3.8) is 0 Å². The third kappa shape index (κ3) is 3.58. The van der Waals surface area contributed by atoms with Crippen molar-refractivity contribution in [2.45, 2.75) is 13.3 Å². The minimum Gasteiger partial charge on any atom is -1.00 e. The van der Waals surface area contributed by atoms with E-state index in [1.807, 2.05) is 0 Å². The molecule has 0 bridgehead atoms. The van der Waals surface area contributed by atoms with Gasteiger partial charge in [-0.05, 0) is 24.5 Å². The minimum atomic E-state index is 0. The fourth-order valence-electron chi connectivity index (χ4n) is 1.45. The molecule has 0 spiro atoms. The normalized spacial score (nSPS) is 11.3. The average Bonchev–Trinajstić information content (AvgIpc) is 2.27. The monoisotopic (exact) mass is 290 g/mol. The van der Waals surface area contributed by atoms with Crippen molar-refractivity contribution in [1.82, 2.24) is 0 Å². The zero-order chi connectivity index (χ0) is 6.97. The Balaban J connectivity index is 0. The second kappa shape index (κ2) is 6.81. The molecule has 0 atom stereocenters. The summed E-state index contributed by atoms with van der Waals surface area (Å²) in [5.74, 6) is 0. The SMILES string of the molecule is CC1=Cc2ccccc2C1.[Cl-].[Cl-].[Zr+2]. The molecule has 0 unspecified atom stereocenters. The maximum absolute atomic E-state index is 2.26. The Bertz CT molecular complexity index is 295. The van der Waals surface area contributed by atoms with E-state index >= 15 is 0 Å². The first kappa shape index (κ1) is 15.9. The fraction of sp³-hybridized carbons (Fsp3) is 0.200. The Morgan fingerprint density at radius 3 is 2.31 bits per heavy atom. The van der Waals surface area contributed by atoms with Gasteiger partial charge in [0, 0.05) is 0 Å². The van der Waals surface area contributed by atoms with Crippen molar-refractivity contribution < 1.29 is 51.0 Å². The number of hydrogen-bond acceptors (Lipinski definition) is 0. The molecule has 0 N–H and O–H groups in total. The van der Waals surface area contributed by atoms with Gasteiger partial charge in [0.15, 0.2) is 0 Å². The van der Waals surface area contributed by atoms with Crippen LogP contribution in [0.3, 0.4) is 0 Å². The zero-order valence-corrected chi connectivity index (χ0v) is 11.3. The Hall–Kier alpha value is 0.423. The van der Waals surface area contributed by atoms with Gasteiger partial charge in [-0.3, -0.25) is 0 Å². The number of hydrogen-bond donors (Lipinski definition) is 0. The third-order valence-corrected chi connectivity index (χ3v) is 1.93. The summed E-state index contributed by atoms with van der Waals surface area (Å²) in [5, 5.41) is 0. The third-order valence-electron chi connectivity index (χ3n) is 1.93. The minimum absolute atomic E-state index is 0. The number of benzene rings is 1. The molecule has 1 aromatic rings. The molecule has 0 radical (unpaired) electrons. The van der Waals surface area contributed by atoms with E-state index in [2.05, 4.69) is 37.3 Å². The molecule has 0 heterocycles. The van der Waals surface area contributed by atoms with Crippen LogP contribution in [0.5, 0.6) is 0 Å². The van der Waals surface area contributed by atoms with Gasteiger partial charge in [0.1, 0.15) is 0 Å². The van der Waals surface area contributed by atoms with Crippen molar-refractivity contribution in [1.29, 1.82) is 0 Å². The van der Waals surface area contributed by atoms with Crippen LogP contribution >= 0.6 is 0 Å². The molecule has 1 aliphatic carbocycles. The molecule has 1 aromatic carbocycles. The summed E-state index contributed by atoms with van der Waals surface area (Å²) in [6.45, 7) is 2.18. The molecule has 0 aromatic heterocycles. The van der Waals surface area contributed by atoms with Gasteiger partial charge in [-0.25, -0.2) is 0 Å². The molecule has 0 fully saturated rings. The Kier molecular flexibility index (Phi) is 8.32. The van der Waals surface area contributed by atoms with Crippen LogP contribution in [0.15, 0.2) is 29.8 Å². The maximum atomic E-state index is 2.26. The topological polar surface area (TPSA) is 0 Å². The zero-order valence-electron chi connectivity index (χ0n) is 7.35. The van der Waals surface area contributed by atoms with Crippen LogP contribution in [0.1, 0.15) is 18.1 Å². The van der Waals surface area contributed by atoms with Crippen molar-refractivity contribution >= 4 is 6.08 Å². The summed E-state index contributed by atoms with van der Waals surface area (Å²) in [6, 6.07) is 8.56. The van der Waals surface area contributed by atoms with Crippen LogP contribution < -0.4 is 24.8 Å². The Morgan fingerprint density at radius 1 is 1.08 bits per heavy atom. The van der Waals surface area contributed by atoms with Crippen LogP contribution in [0.4, 0.5) is 0 Å². The van der Waals surface area contributed by atoms with E-state index in [0.29, 0.717) is 0 Å². The number of halogens is 2. The van der Waals surface area contributed by atoms with E-state index in [-0.39, 0.29) is 51.0 Å². The summed E-state index contributed by atoms with van der Waals surface area (Å²) < 4.78 is 0. The van der Waals surface area contributed by atoms with Crippen LogP contribution in [-0.2, 0) is 32.6 Å². The summed E-state index contributed by atoms with van der Waals surface area (Å²) in [4.78, 5) is 0. The van der Waals surface area contributed by atoms with Crippen LogP contribution in [-0.4, -0.2) is 0 Å². The second-order valence-corrected chi connectivity index (χ2v) is 2.87. The molecule has 0 saturated heterocycles. The van der Waals surface area contributed by atoms with E-state index < -0.39 is 0 Å².